The fourth-order valence-corrected chi connectivity index (χ4v) is 2.31. The summed E-state index contributed by atoms with van der Waals surface area (Å²) in [5, 5.41) is 0. The first-order valence-corrected chi connectivity index (χ1v) is 8.70. The van der Waals surface area contributed by atoms with Crippen LogP contribution in [0.2, 0.25) is 0 Å². The normalized spacial score (nSPS) is 13.2. The number of hydrogen-bond donors (Lipinski definition) is 0. The van der Waals surface area contributed by atoms with E-state index in [1.54, 1.807) is 24.4 Å². The maximum atomic E-state index is 13.9. The second-order valence-electron chi connectivity index (χ2n) is 6.34. The number of ether oxygens (including phenoxy) is 1. The first-order valence-electron chi connectivity index (χ1n) is 7.59. The first kappa shape index (κ1) is 18.4. The van der Waals surface area contributed by atoms with Gasteiger partial charge in [-0.3, -0.25) is 4.98 Å². The number of rotatable bonds is 5. The topological polar surface area (TPSA) is 57.5 Å². The van der Waals surface area contributed by atoms with Crippen molar-refractivity contribution in [2.45, 2.75) is 38.9 Å². The van der Waals surface area contributed by atoms with Gasteiger partial charge in [-0.2, -0.15) is 0 Å². The Kier molecular flexibility index (Phi) is 5.96. The van der Waals surface area contributed by atoms with E-state index in [4.69, 9.17) is 4.74 Å². The quantitative estimate of drug-likeness (QED) is 0.594. The molecule has 1 heterocycles. The van der Waals surface area contributed by atoms with E-state index in [1.165, 1.54) is 12.3 Å². The van der Waals surface area contributed by atoms with Crippen molar-refractivity contribution >= 4 is 17.6 Å². The predicted molar refractivity (Wildman–Crippen MR) is 95.5 cm³/mol. The molecule has 128 valence electrons. The molecule has 1 aromatic carbocycles. The molecule has 0 spiro atoms. The van der Waals surface area contributed by atoms with E-state index in [9.17, 15) is 8.94 Å². The summed E-state index contributed by atoms with van der Waals surface area (Å²) in [5.74, 6) is 0.750. The minimum absolute atomic E-state index is 0.247. The Morgan fingerprint density at radius 2 is 1.96 bits per heavy atom. The standard InChI is InChI=1S/C18H21FN2O2S/c1-13-5-6-16(12-20-13)23-15-7-8-17(19)14(11-15)9-10-21-24(22)18(2,3)4/h5-8,10-12H,9H2,1-4H3/b21-10+/t24-/m1/s1. The van der Waals surface area contributed by atoms with Gasteiger partial charge in [0.15, 0.2) is 0 Å². The van der Waals surface area contributed by atoms with Crippen LogP contribution in [-0.2, 0) is 17.8 Å². The highest BCUT2D eigenvalue weighted by Crippen LogP contribution is 2.23. The molecular weight excluding hydrogens is 327 g/mol. The van der Waals surface area contributed by atoms with Crippen molar-refractivity contribution in [2.75, 3.05) is 0 Å². The Hall–Kier alpha value is -1.92. The van der Waals surface area contributed by atoms with E-state index in [0.29, 0.717) is 17.1 Å². The average Bonchev–Trinajstić information content (AvgIpc) is 2.51. The van der Waals surface area contributed by atoms with E-state index in [-0.39, 0.29) is 12.2 Å². The molecule has 0 N–H and O–H groups in total. The summed E-state index contributed by atoms with van der Waals surface area (Å²) in [4.78, 5) is 4.15. The van der Waals surface area contributed by atoms with Crippen molar-refractivity contribution in [3.05, 3.63) is 53.6 Å². The number of benzene rings is 1. The molecule has 2 rings (SSSR count). The Balaban J connectivity index is 2.08. The van der Waals surface area contributed by atoms with Crippen molar-refractivity contribution in [1.82, 2.24) is 4.98 Å². The molecule has 0 aliphatic heterocycles. The predicted octanol–water partition coefficient (Wildman–Crippen LogP) is 4.40. The number of hydrogen-bond acceptors (Lipinski definition) is 4. The van der Waals surface area contributed by atoms with Gasteiger partial charge in [-0.05, 0) is 63.6 Å². The average molecular weight is 348 g/mol. The summed E-state index contributed by atoms with van der Waals surface area (Å²) in [5.41, 5.74) is 1.33. The molecule has 0 aliphatic carbocycles. The number of halogens is 1. The Morgan fingerprint density at radius 3 is 2.58 bits per heavy atom. The van der Waals surface area contributed by atoms with Crippen LogP contribution in [0.1, 0.15) is 32.0 Å². The van der Waals surface area contributed by atoms with Crippen LogP contribution in [-0.4, -0.2) is 20.5 Å². The number of pyridine rings is 1. The van der Waals surface area contributed by atoms with Crippen LogP contribution in [0.25, 0.3) is 0 Å². The third kappa shape index (κ3) is 5.32. The van der Waals surface area contributed by atoms with Gasteiger partial charge in [0, 0.05) is 12.1 Å². The zero-order chi connectivity index (χ0) is 17.7. The summed E-state index contributed by atoms with van der Waals surface area (Å²) in [6, 6.07) is 8.17. The van der Waals surface area contributed by atoms with Gasteiger partial charge in [0.1, 0.15) is 33.4 Å². The van der Waals surface area contributed by atoms with Gasteiger partial charge in [-0.25, -0.2) is 4.39 Å². The summed E-state index contributed by atoms with van der Waals surface area (Å²) < 4.78 is 35.0. The van der Waals surface area contributed by atoms with Gasteiger partial charge >= 0.3 is 0 Å². The second kappa shape index (κ2) is 7.77. The molecule has 1 aromatic heterocycles. The van der Waals surface area contributed by atoms with Crippen LogP contribution in [0, 0.1) is 12.7 Å². The summed E-state index contributed by atoms with van der Waals surface area (Å²) in [6.45, 7) is 7.40. The molecule has 0 radical (unpaired) electrons. The molecular formula is C18H21FN2O2S. The second-order valence-corrected chi connectivity index (χ2v) is 8.28. The molecule has 0 bridgehead atoms. The van der Waals surface area contributed by atoms with Gasteiger partial charge in [0.05, 0.1) is 12.4 Å². The first-order chi connectivity index (χ1) is 11.3. The van der Waals surface area contributed by atoms with Gasteiger partial charge in [-0.1, -0.05) is 4.40 Å². The fourth-order valence-electron chi connectivity index (χ4n) is 1.78. The van der Waals surface area contributed by atoms with E-state index in [2.05, 4.69) is 9.38 Å². The Labute approximate surface area is 145 Å². The molecule has 0 saturated heterocycles. The lowest BCUT2D eigenvalue weighted by Crippen LogP contribution is -2.25. The van der Waals surface area contributed by atoms with Crippen molar-refractivity contribution in [3.8, 4) is 11.5 Å². The van der Waals surface area contributed by atoms with Gasteiger partial charge in [0.2, 0.25) is 0 Å². The monoisotopic (exact) mass is 348 g/mol. The van der Waals surface area contributed by atoms with E-state index < -0.39 is 16.1 Å². The van der Waals surface area contributed by atoms with Crippen LogP contribution in [0.3, 0.4) is 0 Å². The molecule has 1 atom stereocenters. The van der Waals surface area contributed by atoms with Crippen LogP contribution in [0.4, 0.5) is 4.39 Å². The summed E-state index contributed by atoms with van der Waals surface area (Å²) in [6.07, 6.45) is 3.35. The van der Waals surface area contributed by atoms with Gasteiger partial charge in [0.25, 0.3) is 0 Å². The van der Waals surface area contributed by atoms with Gasteiger partial charge in [-0.15, -0.1) is 0 Å². The Bertz CT molecular complexity index is 712. The van der Waals surface area contributed by atoms with Crippen LogP contribution in [0.15, 0.2) is 40.9 Å². The highest BCUT2D eigenvalue weighted by atomic mass is 32.2. The SMILES string of the molecule is Cc1ccc(Oc2ccc(F)c(C/C=N/[S@+]([O-])C(C)(C)C)c2)cn1. The van der Waals surface area contributed by atoms with Crippen molar-refractivity contribution in [1.29, 1.82) is 0 Å². The molecule has 4 nitrogen and oxygen atoms in total. The molecule has 0 amide bonds. The molecule has 6 heteroatoms. The molecule has 0 fully saturated rings. The molecule has 0 saturated carbocycles. The lowest BCUT2D eigenvalue weighted by molar-refractivity contribution is 0.477. The lowest BCUT2D eigenvalue weighted by Gasteiger charge is -2.17. The van der Waals surface area contributed by atoms with Crippen LogP contribution < -0.4 is 4.74 Å². The summed E-state index contributed by atoms with van der Waals surface area (Å²) >= 11 is -1.35. The van der Waals surface area contributed by atoms with Crippen LogP contribution in [0.5, 0.6) is 11.5 Å². The van der Waals surface area contributed by atoms with E-state index >= 15 is 0 Å². The number of aromatic nitrogens is 1. The fraction of sp³-hybridized carbons (Fsp3) is 0.333. The highest BCUT2D eigenvalue weighted by Gasteiger charge is 2.25. The third-order valence-electron chi connectivity index (χ3n) is 3.14. The van der Waals surface area contributed by atoms with Crippen molar-refractivity contribution in [2.24, 2.45) is 4.40 Å². The maximum absolute atomic E-state index is 13.9. The van der Waals surface area contributed by atoms with Crippen molar-refractivity contribution < 1.29 is 13.7 Å². The largest absolute Gasteiger partial charge is 0.591 e. The zero-order valence-electron chi connectivity index (χ0n) is 14.2. The zero-order valence-corrected chi connectivity index (χ0v) is 15.1. The molecule has 2 aromatic rings. The lowest BCUT2D eigenvalue weighted by atomic mass is 10.1. The molecule has 0 aliphatic rings. The minimum atomic E-state index is -1.35. The Morgan fingerprint density at radius 1 is 1.25 bits per heavy atom. The number of aryl methyl sites for hydroxylation is 1. The smallest absolute Gasteiger partial charge is 0.145 e. The minimum Gasteiger partial charge on any atom is -0.591 e. The van der Waals surface area contributed by atoms with Crippen LogP contribution >= 0.6 is 0 Å². The van der Waals surface area contributed by atoms with E-state index in [1.807, 2.05) is 33.8 Å². The van der Waals surface area contributed by atoms with Crippen molar-refractivity contribution in [3.63, 3.8) is 0 Å². The molecule has 24 heavy (non-hydrogen) atoms. The maximum Gasteiger partial charge on any atom is 0.145 e. The molecule has 0 unspecified atom stereocenters. The highest BCUT2D eigenvalue weighted by molar-refractivity contribution is 7.91. The third-order valence-corrected chi connectivity index (χ3v) is 4.53. The van der Waals surface area contributed by atoms with E-state index in [0.717, 1.165) is 5.69 Å². The van der Waals surface area contributed by atoms with Gasteiger partial charge < -0.3 is 9.29 Å². The number of nitrogens with zero attached hydrogens (tertiary/aromatic N) is 2. The summed E-state index contributed by atoms with van der Waals surface area (Å²) in [7, 11) is 0.